The molecule has 0 radical (unpaired) electrons. The molecule has 0 saturated heterocycles. The quantitative estimate of drug-likeness (QED) is 0.709. The van der Waals surface area contributed by atoms with Crippen molar-refractivity contribution in [2.75, 3.05) is 6.61 Å². The van der Waals surface area contributed by atoms with Gasteiger partial charge in [-0.05, 0) is 54.8 Å². The minimum atomic E-state index is -0.779. The Balaban J connectivity index is 2.00. The third-order valence-corrected chi connectivity index (χ3v) is 4.07. The number of nitriles is 1. The zero-order valence-electron chi connectivity index (χ0n) is 16.3. The summed E-state index contributed by atoms with van der Waals surface area (Å²) in [6, 6.07) is 14.8. The molecule has 6 nitrogen and oxygen atoms in total. The fraction of sp³-hybridized carbons (Fsp3) is 0.318. The molecule has 2 aromatic rings. The molecule has 2 rings (SSSR count). The maximum atomic E-state index is 12.5. The van der Waals surface area contributed by atoms with Crippen molar-refractivity contribution in [3.8, 4) is 11.8 Å². The topological polar surface area (TPSA) is 88.4 Å². The zero-order chi connectivity index (χ0) is 20.5. The number of nitrogens with one attached hydrogen (secondary N) is 1. The van der Waals surface area contributed by atoms with Gasteiger partial charge in [0.05, 0.1) is 18.2 Å². The van der Waals surface area contributed by atoms with Gasteiger partial charge in [-0.15, -0.1) is 0 Å². The summed E-state index contributed by atoms with van der Waals surface area (Å²) in [5.41, 5.74) is 1.65. The molecule has 0 aliphatic carbocycles. The highest BCUT2D eigenvalue weighted by Gasteiger charge is 2.26. The first-order valence-electron chi connectivity index (χ1n) is 9.14. The lowest BCUT2D eigenvalue weighted by Crippen LogP contribution is -2.45. The van der Waals surface area contributed by atoms with E-state index >= 15 is 0 Å². The van der Waals surface area contributed by atoms with Gasteiger partial charge in [-0.2, -0.15) is 5.26 Å². The van der Waals surface area contributed by atoms with Crippen molar-refractivity contribution in [2.24, 2.45) is 5.92 Å². The first kappa shape index (κ1) is 21.0. The largest absolute Gasteiger partial charge is 0.494 e. The molecule has 0 heterocycles. The molecule has 1 N–H and O–H groups in total. The molecule has 0 saturated carbocycles. The van der Waals surface area contributed by atoms with Crippen molar-refractivity contribution in [1.29, 1.82) is 5.26 Å². The number of nitrogens with zero attached hydrogens (tertiary/aromatic N) is 1. The predicted octanol–water partition coefficient (Wildman–Crippen LogP) is 3.45. The van der Waals surface area contributed by atoms with Gasteiger partial charge in [-0.25, -0.2) is 4.79 Å². The van der Waals surface area contributed by atoms with Crippen molar-refractivity contribution in [1.82, 2.24) is 5.32 Å². The minimum absolute atomic E-state index is 0.0382. The minimum Gasteiger partial charge on any atom is -0.494 e. The molecule has 2 aromatic carbocycles. The Morgan fingerprint density at radius 1 is 1.14 bits per heavy atom. The summed E-state index contributed by atoms with van der Waals surface area (Å²) in [6.45, 7) is 6.14. The predicted molar refractivity (Wildman–Crippen MR) is 105 cm³/mol. The molecule has 146 valence electrons. The number of esters is 1. The Kier molecular flexibility index (Phi) is 7.58. The fourth-order valence-electron chi connectivity index (χ4n) is 2.57. The van der Waals surface area contributed by atoms with Crippen LogP contribution in [0.15, 0.2) is 48.5 Å². The highest BCUT2D eigenvalue weighted by molar-refractivity contribution is 5.96. The smallest absolute Gasteiger partial charge is 0.329 e. The molecular weight excluding hydrogens is 356 g/mol. The van der Waals surface area contributed by atoms with Crippen LogP contribution in [-0.4, -0.2) is 24.5 Å². The average Bonchev–Trinajstić information content (AvgIpc) is 2.70. The Labute approximate surface area is 165 Å². The fourth-order valence-corrected chi connectivity index (χ4v) is 2.57. The normalized spacial score (nSPS) is 11.4. The molecule has 1 atom stereocenters. The van der Waals surface area contributed by atoms with Gasteiger partial charge in [0.1, 0.15) is 18.4 Å². The number of amides is 1. The van der Waals surface area contributed by atoms with Crippen LogP contribution in [0.4, 0.5) is 0 Å². The molecule has 0 fully saturated rings. The van der Waals surface area contributed by atoms with E-state index in [1.54, 1.807) is 48.5 Å². The summed E-state index contributed by atoms with van der Waals surface area (Å²) in [4.78, 5) is 25.0. The molecular formula is C22H24N2O4. The molecule has 0 aliphatic heterocycles. The Morgan fingerprint density at radius 2 is 1.86 bits per heavy atom. The van der Waals surface area contributed by atoms with E-state index in [1.807, 2.05) is 26.8 Å². The Hall–Kier alpha value is -3.33. The second kappa shape index (κ2) is 10.1. The van der Waals surface area contributed by atoms with E-state index in [1.165, 1.54) is 0 Å². The van der Waals surface area contributed by atoms with Crippen molar-refractivity contribution in [3.63, 3.8) is 0 Å². The van der Waals surface area contributed by atoms with Crippen LogP contribution in [0.1, 0.15) is 42.3 Å². The number of rotatable bonds is 8. The van der Waals surface area contributed by atoms with E-state index in [-0.39, 0.29) is 18.4 Å². The molecule has 1 amide bonds. The lowest BCUT2D eigenvalue weighted by molar-refractivity contribution is -0.148. The number of ether oxygens (including phenoxy) is 2. The maximum Gasteiger partial charge on any atom is 0.329 e. The van der Waals surface area contributed by atoms with E-state index in [4.69, 9.17) is 14.7 Å². The summed E-state index contributed by atoms with van der Waals surface area (Å²) < 4.78 is 10.7. The van der Waals surface area contributed by atoms with Gasteiger partial charge in [-0.3, -0.25) is 4.79 Å². The van der Waals surface area contributed by atoms with Gasteiger partial charge in [-0.1, -0.05) is 26.0 Å². The third kappa shape index (κ3) is 5.85. The summed E-state index contributed by atoms with van der Waals surface area (Å²) >= 11 is 0. The van der Waals surface area contributed by atoms with Gasteiger partial charge >= 0.3 is 5.97 Å². The van der Waals surface area contributed by atoms with E-state index in [0.717, 1.165) is 0 Å². The van der Waals surface area contributed by atoms with Crippen LogP contribution in [-0.2, 0) is 16.1 Å². The third-order valence-electron chi connectivity index (χ3n) is 4.07. The highest BCUT2D eigenvalue weighted by Crippen LogP contribution is 2.14. The van der Waals surface area contributed by atoms with Crippen molar-refractivity contribution >= 4 is 11.9 Å². The van der Waals surface area contributed by atoms with Crippen LogP contribution in [0.5, 0.6) is 5.75 Å². The first-order valence-corrected chi connectivity index (χ1v) is 9.14. The lowest BCUT2D eigenvalue weighted by Gasteiger charge is -2.21. The summed E-state index contributed by atoms with van der Waals surface area (Å²) in [6.07, 6.45) is 0. The molecule has 6 heteroatoms. The van der Waals surface area contributed by atoms with Crippen LogP contribution < -0.4 is 10.1 Å². The Bertz CT molecular complexity index is 854. The van der Waals surface area contributed by atoms with Gasteiger partial charge in [0.2, 0.25) is 0 Å². The van der Waals surface area contributed by atoms with Gasteiger partial charge in [0.15, 0.2) is 0 Å². The van der Waals surface area contributed by atoms with Gasteiger partial charge < -0.3 is 14.8 Å². The number of carbonyl (C=O) groups excluding carboxylic acids is 2. The monoisotopic (exact) mass is 380 g/mol. The standard InChI is InChI=1S/C22H24N2O4/c1-4-27-19-10-8-18(9-11-19)21(25)24-20(15(2)3)22(26)28-14-17-7-5-6-16(12-17)13-23/h5-12,15,20H,4,14H2,1-3H3,(H,24,25)/t20-/m0/s1. The SMILES string of the molecule is CCOc1ccc(C(=O)N[C@H](C(=O)OCc2cccc(C#N)c2)C(C)C)cc1. The number of hydrogen-bond acceptors (Lipinski definition) is 5. The second-order valence-electron chi connectivity index (χ2n) is 6.57. The molecule has 0 spiro atoms. The molecule has 0 aliphatic rings. The van der Waals surface area contributed by atoms with Gasteiger partial charge in [0.25, 0.3) is 5.91 Å². The van der Waals surface area contributed by atoms with Crippen LogP contribution in [0.3, 0.4) is 0 Å². The van der Waals surface area contributed by atoms with E-state index in [9.17, 15) is 9.59 Å². The van der Waals surface area contributed by atoms with Crippen molar-refractivity contribution < 1.29 is 19.1 Å². The molecule has 0 bridgehead atoms. The van der Waals surface area contributed by atoms with Crippen LogP contribution in [0.2, 0.25) is 0 Å². The molecule has 0 unspecified atom stereocenters. The second-order valence-corrected chi connectivity index (χ2v) is 6.57. The van der Waals surface area contributed by atoms with E-state index in [2.05, 4.69) is 5.32 Å². The summed E-state index contributed by atoms with van der Waals surface area (Å²) in [5.74, 6) is -0.343. The first-order chi connectivity index (χ1) is 13.4. The molecule has 28 heavy (non-hydrogen) atoms. The number of hydrogen-bond donors (Lipinski definition) is 1. The zero-order valence-corrected chi connectivity index (χ0v) is 16.3. The van der Waals surface area contributed by atoms with Crippen LogP contribution in [0.25, 0.3) is 0 Å². The van der Waals surface area contributed by atoms with Crippen molar-refractivity contribution in [3.05, 3.63) is 65.2 Å². The number of carbonyl (C=O) groups is 2. The highest BCUT2D eigenvalue weighted by atomic mass is 16.5. The maximum absolute atomic E-state index is 12.5. The van der Waals surface area contributed by atoms with E-state index in [0.29, 0.717) is 29.0 Å². The van der Waals surface area contributed by atoms with Crippen molar-refractivity contribution in [2.45, 2.75) is 33.4 Å². The molecule has 0 aromatic heterocycles. The van der Waals surface area contributed by atoms with Gasteiger partial charge in [0, 0.05) is 5.56 Å². The van der Waals surface area contributed by atoms with Crippen LogP contribution in [0, 0.1) is 17.2 Å². The Morgan fingerprint density at radius 3 is 2.46 bits per heavy atom. The van der Waals surface area contributed by atoms with E-state index < -0.39 is 12.0 Å². The number of benzene rings is 2. The summed E-state index contributed by atoms with van der Waals surface area (Å²) in [7, 11) is 0. The van der Waals surface area contributed by atoms with Crippen LogP contribution >= 0.6 is 0 Å². The average molecular weight is 380 g/mol. The summed E-state index contributed by atoms with van der Waals surface area (Å²) in [5, 5.41) is 11.7. The lowest BCUT2D eigenvalue weighted by atomic mass is 10.0.